The van der Waals surface area contributed by atoms with E-state index in [9.17, 15) is 18.4 Å². The molecule has 156 valence electrons. The maximum Gasteiger partial charge on any atom is 0.387 e. The third kappa shape index (κ3) is 6.14. The van der Waals surface area contributed by atoms with Gasteiger partial charge in [-0.2, -0.15) is 14.0 Å². The summed E-state index contributed by atoms with van der Waals surface area (Å²) in [7, 11) is 0. The number of carbonyl (C=O) groups is 2. The number of amides is 1. The van der Waals surface area contributed by atoms with Gasteiger partial charge < -0.3 is 10.1 Å². The van der Waals surface area contributed by atoms with E-state index in [-0.39, 0.29) is 23.2 Å². The first kappa shape index (κ1) is 22.0. The molecule has 0 aliphatic rings. The average molecular weight is 438 g/mol. The fourth-order valence-electron chi connectivity index (χ4n) is 2.66. The van der Waals surface area contributed by atoms with Gasteiger partial charge in [0.05, 0.1) is 22.9 Å². The van der Waals surface area contributed by atoms with Crippen LogP contribution in [0, 0.1) is 11.3 Å². The highest BCUT2D eigenvalue weighted by atomic mass is 32.2. The molecule has 3 aromatic carbocycles. The van der Waals surface area contributed by atoms with E-state index in [0.29, 0.717) is 27.3 Å². The third-order valence-electron chi connectivity index (χ3n) is 4.16. The Morgan fingerprint density at radius 2 is 1.68 bits per heavy atom. The Balaban J connectivity index is 1.65. The zero-order valence-electron chi connectivity index (χ0n) is 16.0. The first-order valence-corrected chi connectivity index (χ1v) is 10.1. The standard InChI is InChI=1S/C23H16F2N2O3S/c24-23(25)30-18-11-7-16(8-12-18)20(28)14-31-21-4-2-1-3-19(21)22(29)27-17-9-5-15(13-26)6-10-17/h1-12,23H,14H2,(H,27,29). The van der Waals surface area contributed by atoms with Crippen molar-refractivity contribution in [2.75, 3.05) is 11.1 Å². The summed E-state index contributed by atoms with van der Waals surface area (Å²) in [5, 5.41) is 11.6. The molecule has 3 rings (SSSR count). The van der Waals surface area contributed by atoms with Gasteiger partial charge in [-0.3, -0.25) is 9.59 Å². The number of Topliss-reactive ketones (excluding diaryl/α,β-unsaturated/α-hetero) is 1. The molecule has 1 amide bonds. The van der Waals surface area contributed by atoms with E-state index in [1.807, 2.05) is 6.07 Å². The van der Waals surface area contributed by atoms with Gasteiger partial charge in [-0.05, 0) is 60.7 Å². The SMILES string of the molecule is N#Cc1ccc(NC(=O)c2ccccc2SCC(=O)c2ccc(OC(F)F)cc2)cc1. The van der Waals surface area contributed by atoms with Crippen molar-refractivity contribution in [3.05, 3.63) is 89.5 Å². The highest BCUT2D eigenvalue weighted by molar-refractivity contribution is 8.00. The number of nitrogens with one attached hydrogen (secondary N) is 1. The molecule has 0 aliphatic carbocycles. The van der Waals surface area contributed by atoms with Crippen molar-refractivity contribution in [2.24, 2.45) is 0 Å². The number of alkyl halides is 2. The molecule has 3 aromatic rings. The van der Waals surface area contributed by atoms with Crippen molar-refractivity contribution >= 4 is 29.1 Å². The van der Waals surface area contributed by atoms with Crippen LogP contribution in [0.25, 0.3) is 0 Å². The van der Waals surface area contributed by atoms with Crippen LogP contribution in [0.3, 0.4) is 0 Å². The average Bonchev–Trinajstić information content (AvgIpc) is 2.78. The number of rotatable bonds is 8. The molecule has 0 bridgehead atoms. The topological polar surface area (TPSA) is 79.2 Å². The fourth-order valence-corrected chi connectivity index (χ4v) is 3.60. The molecule has 0 heterocycles. The van der Waals surface area contributed by atoms with E-state index in [1.54, 1.807) is 48.5 Å². The minimum absolute atomic E-state index is 0.0241. The molecule has 0 unspecified atom stereocenters. The van der Waals surface area contributed by atoms with Gasteiger partial charge in [-0.15, -0.1) is 11.8 Å². The molecule has 1 N–H and O–H groups in total. The second kappa shape index (κ2) is 10.4. The second-order valence-corrected chi connectivity index (χ2v) is 7.27. The van der Waals surface area contributed by atoms with E-state index < -0.39 is 6.61 Å². The van der Waals surface area contributed by atoms with Crippen LogP contribution in [0.2, 0.25) is 0 Å². The largest absolute Gasteiger partial charge is 0.435 e. The first-order chi connectivity index (χ1) is 15.0. The highest BCUT2D eigenvalue weighted by Gasteiger charge is 2.14. The van der Waals surface area contributed by atoms with E-state index in [0.717, 1.165) is 0 Å². The van der Waals surface area contributed by atoms with Crippen LogP contribution >= 0.6 is 11.8 Å². The molecule has 0 atom stereocenters. The molecule has 0 aliphatic heterocycles. The van der Waals surface area contributed by atoms with Crippen LogP contribution in [0.1, 0.15) is 26.3 Å². The first-order valence-electron chi connectivity index (χ1n) is 9.07. The van der Waals surface area contributed by atoms with Gasteiger partial charge in [-0.1, -0.05) is 12.1 Å². The number of anilines is 1. The van der Waals surface area contributed by atoms with Gasteiger partial charge in [0, 0.05) is 16.1 Å². The van der Waals surface area contributed by atoms with Gasteiger partial charge >= 0.3 is 6.61 Å². The zero-order valence-corrected chi connectivity index (χ0v) is 16.9. The van der Waals surface area contributed by atoms with Gasteiger partial charge in [-0.25, -0.2) is 0 Å². The monoisotopic (exact) mass is 438 g/mol. The van der Waals surface area contributed by atoms with Crippen LogP contribution in [-0.2, 0) is 0 Å². The normalized spacial score (nSPS) is 10.4. The Hall–Kier alpha value is -3.70. The predicted molar refractivity (Wildman–Crippen MR) is 114 cm³/mol. The molecular formula is C23H16F2N2O3S. The number of hydrogen-bond donors (Lipinski definition) is 1. The van der Waals surface area contributed by atoms with Crippen molar-refractivity contribution < 1.29 is 23.1 Å². The van der Waals surface area contributed by atoms with Crippen molar-refractivity contribution in [2.45, 2.75) is 11.5 Å². The molecule has 0 aromatic heterocycles. The third-order valence-corrected chi connectivity index (χ3v) is 5.24. The number of thioether (sulfide) groups is 1. The van der Waals surface area contributed by atoms with Crippen molar-refractivity contribution in [1.29, 1.82) is 5.26 Å². The molecule has 0 radical (unpaired) electrons. The smallest absolute Gasteiger partial charge is 0.387 e. The summed E-state index contributed by atoms with van der Waals surface area (Å²) in [6.07, 6.45) is 0. The Morgan fingerprint density at radius 1 is 1.00 bits per heavy atom. The molecule has 5 nitrogen and oxygen atoms in total. The van der Waals surface area contributed by atoms with Gasteiger partial charge in [0.25, 0.3) is 5.91 Å². The quantitative estimate of drug-likeness (QED) is 0.377. The van der Waals surface area contributed by atoms with Crippen LogP contribution < -0.4 is 10.1 Å². The van der Waals surface area contributed by atoms with Crippen LogP contribution in [0.4, 0.5) is 14.5 Å². The lowest BCUT2D eigenvalue weighted by Gasteiger charge is -2.10. The fraction of sp³-hybridized carbons (Fsp3) is 0.0870. The van der Waals surface area contributed by atoms with E-state index in [1.165, 1.54) is 36.0 Å². The molecule has 0 saturated heterocycles. The number of benzene rings is 3. The van der Waals surface area contributed by atoms with Crippen LogP contribution in [0.5, 0.6) is 5.75 Å². The van der Waals surface area contributed by atoms with E-state index in [2.05, 4.69) is 10.1 Å². The summed E-state index contributed by atoms with van der Waals surface area (Å²) < 4.78 is 28.7. The minimum Gasteiger partial charge on any atom is -0.435 e. The lowest BCUT2D eigenvalue weighted by Crippen LogP contribution is -2.13. The summed E-state index contributed by atoms with van der Waals surface area (Å²) in [5.41, 5.74) is 1.80. The number of nitrogens with zero attached hydrogens (tertiary/aromatic N) is 1. The molecular weight excluding hydrogens is 422 g/mol. The Bertz CT molecular complexity index is 1110. The lowest BCUT2D eigenvalue weighted by molar-refractivity contribution is -0.0498. The van der Waals surface area contributed by atoms with E-state index in [4.69, 9.17) is 5.26 Å². The van der Waals surface area contributed by atoms with Gasteiger partial charge in [0.2, 0.25) is 0 Å². The van der Waals surface area contributed by atoms with E-state index >= 15 is 0 Å². The zero-order chi connectivity index (χ0) is 22.2. The minimum atomic E-state index is -2.93. The molecule has 0 saturated carbocycles. The number of hydrogen-bond acceptors (Lipinski definition) is 5. The lowest BCUT2D eigenvalue weighted by atomic mass is 10.1. The van der Waals surface area contributed by atoms with Crippen molar-refractivity contribution in [1.82, 2.24) is 0 Å². The van der Waals surface area contributed by atoms with Gasteiger partial charge in [0.1, 0.15) is 5.75 Å². The Morgan fingerprint density at radius 3 is 2.32 bits per heavy atom. The Labute approximate surface area is 181 Å². The van der Waals surface area contributed by atoms with Crippen molar-refractivity contribution in [3.8, 4) is 11.8 Å². The molecule has 8 heteroatoms. The summed E-state index contributed by atoms with van der Waals surface area (Å²) in [5.74, 6) is -0.510. The van der Waals surface area contributed by atoms with Crippen LogP contribution in [-0.4, -0.2) is 24.1 Å². The summed E-state index contributed by atoms with van der Waals surface area (Å²) in [6, 6.07) is 20.8. The maximum absolute atomic E-state index is 12.7. The number of carbonyl (C=O) groups excluding carboxylic acids is 2. The molecule has 31 heavy (non-hydrogen) atoms. The molecule has 0 spiro atoms. The predicted octanol–water partition coefficient (Wildman–Crippen LogP) is 5.39. The van der Waals surface area contributed by atoms with Crippen LogP contribution in [0.15, 0.2) is 77.7 Å². The summed E-state index contributed by atoms with van der Waals surface area (Å²) >= 11 is 1.21. The molecule has 0 fully saturated rings. The second-order valence-electron chi connectivity index (χ2n) is 6.25. The number of nitriles is 1. The van der Waals surface area contributed by atoms with Gasteiger partial charge in [0.15, 0.2) is 5.78 Å². The number of halogens is 2. The van der Waals surface area contributed by atoms with Crippen molar-refractivity contribution in [3.63, 3.8) is 0 Å². The maximum atomic E-state index is 12.7. The Kier molecular flexibility index (Phi) is 7.35. The summed E-state index contributed by atoms with van der Waals surface area (Å²) in [4.78, 5) is 25.8. The number of ketones is 1. The highest BCUT2D eigenvalue weighted by Crippen LogP contribution is 2.25. The summed E-state index contributed by atoms with van der Waals surface area (Å²) in [6.45, 7) is -2.93. The number of ether oxygens (including phenoxy) is 1.